The lowest BCUT2D eigenvalue weighted by atomic mass is 9.76. The van der Waals surface area contributed by atoms with Crippen LogP contribution in [-0.2, 0) is 15.4 Å². The molecule has 2 aromatic heterocycles. The lowest BCUT2D eigenvalue weighted by Crippen LogP contribution is -2.45. The number of carbonyl (C=O) groups excluding carboxylic acids is 1. The van der Waals surface area contributed by atoms with Gasteiger partial charge in [0.25, 0.3) is 5.91 Å². The number of pyridine rings is 1. The van der Waals surface area contributed by atoms with Crippen molar-refractivity contribution in [2.45, 2.75) is 41.4 Å². The number of imidazole rings is 1. The van der Waals surface area contributed by atoms with Gasteiger partial charge in [-0.25, -0.2) is 26.6 Å². The van der Waals surface area contributed by atoms with E-state index in [1.807, 2.05) is 6.07 Å². The molecule has 6 rings (SSSR count). The molecule has 2 fully saturated rings. The summed E-state index contributed by atoms with van der Waals surface area (Å²) in [7, 11) is -4.08. The third-order valence-corrected chi connectivity index (χ3v) is 11.0. The molecule has 2 bridgehead atoms. The van der Waals surface area contributed by atoms with Gasteiger partial charge in [-0.15, -0.1) is 0 Å². The third-order valence-electron chi connectivity index (χ3n) is 8.08. The molecule has 0 saturated heterocycles. The quantitative estimate of drug-likeness (QED) is 0.241. The Labute approximate surface area is 243 Å². The number of halogens is 4. The van der Waals surface area contributed by atoms with E-state index >= 15 is 0 Å². The zero-order valence-electron chi connectivity index (χ0n) is 21.8. The van der Waals surface area contributed by atoms with Crippen molar-refractivity contribution in [1.29, 1.82) is 0 Å². The Bertz CT molecular complexity index is 1760. The Morgan fingerprint density at radius 2 is 1.71 bits per heavy atom. The van der Waals surface area contributed by atoms with Crippen molar-refractivity contribution in [3.63, 3.8) is 0 Å². The largest absolute Gasteiger partial charge is 0.382 e. The van der Waals surface area contributed by atoms with Gasteiger partial charge < -0.3 is 15.4 Å². The van der Waals surface area contributed by atoms with Crippen LogP contribution in [0.1, 0.15) is 41.9 Å². The van der Waals surface area contributed by atoms with E-state index in [-0.39, 0.29) is 34.0 Å². The number of fused-ring (bicyclic) bond motifs is 2. The number of nitrogens with zero attached hydrogens (tertiary/aromatic N) is 2. The van der Waals surface area contributed by atoms with E-state index in [1.165, 1.54) is 12.1 Å². The Balaban J connectivity index is 1.25. The zero-order chi connectivity index (χ0) is 29.8. The highest BCUT2D eigenvalue weighted by Crippen LogP contribution is 2.54. The smallest absolute Gasteiger partial charge is 0.255 e. The first-order valence-corrected chi connectivity index (χ1v) is 15.1. The van der Waals surface area contributed by atoms with E-state index in [9.17, 15) is 31.5 Å². The monoisotopic (exact) mass is 616 g/mol. The topological polar surface area (TPSA) is 125 Å². The number of sulfone groups is 1. The molecule has 218 valence electrons. The SMILES string of the molecule is O=C(Nc1cc(F)c(F)c(F)c1)c1ccc(Cl)c(S(=O)(=O)[C@H]2C3CC[C@H]2C[C@](O)(c2nc(-c4ccccn4)c[nH]2)C3)c1. The molecule has 13 heteroatoms. The zero-order valence-corrected chi connectivity index (χ0v) is 23.4. The number of aliphatic hydroxyl groups is 1. The normalized spacial score (nSPS) is 23.6. The molecule has 4 aromatic rings. The van der Waals surface area contributed by atoms with Crippen LogP contribution in [0.15, 0.2) is 65.8 Å². The Kier molecular flexibility index (Phi) is 7.11. The summed E-state index contributed by atoms with van der Waals surface area (Å²) < 4.78 is 68.5. The predicted octanol–water partition coefficient (Wildman–Crippen LogP) is 5.64. The maximum Gasteiger partial charge on any atom is 0.255 e. The third kappa shape index (κ3) is 4.97. The molecule has 2 heterocycles. The van der Waals surface area contributed by atoms with Gasteiger partial charge in [0.1, 0.15) is 17.1 Å². The molecule has 2 aliphatic carbocycles. The minimum atomic E-state index is -4.08. The Hall–Kier alpha value is -3.74. The molecular formula is C29H24ClF3N4O4S. The number of hydrogen-bond donors (Lipinski definition) is 3. The van der Waals surface area contributed by atoms with Gasteiger partial charge in [0.05, 0.1) is 20.9 Å². The van der Waals surface area contributed by atoms with Gasteiger partial charge in [-0.1, -0.05) is 17.7 Å². The highest BCUT2D eigenvalue weighted by atomic mass is 35.5. The fourth-order valence-electron chi connectivity index (χ4n) is 6.27. The second-order valence-electron chi connectivity index (χ2n) is 10.7. The first kappa shape index (κ1) is 28.4. The van der Waals surface area contributed by atoms with E-state index in [0.29, 0.717) is 42.2 Å². The van der Waals surface area contributed by atoms with E-state index in [2.05, 4.69) is 20.3 Å². The van der Waals surface area contributed by atoms with Crippen molar-refractivity contribution in [1.82, 2.24) is 15.0 Å². The summed E-state index contributed by atoms with van der Waals surface area (Å²) in [4.78, 5) is 24.5. The molecule has 1 unspecified atom stereocenters. The van der Waals surface area contributed by atoms with Crippen LogP contribution in [0.5, 0.6) is 0 Å². The maximum atomic E-state index is 14.0. The maximum absolute atomic E-state index is 14.0. The van der Waals surface area contributed by atoms with E-state index < -0.39 is 55.9 Å². The number of hydrogen-bond acceptors (Lipinski definition) is 6. The number of H-pyrrole nitrogens is 1. The number of rotatable bonds is 6. The van der Waals surface area contributed by atoms with Crippen LogP contribution < -0.4 is 5.32 Å². The summed E-state index contributed by atoms with van der Waals surface area (Å²) in [6.07, 6.45) is 4.75. The fraction of sp³-hybridized carbons (Fsp3) is 0.276. The van der Waals surface area contributed by atoms with Crippen molar-refractivity contribution in [3.05, 3.63) is 94.8 Å². The van der Waals surface area contributed by atoms with Crippen LogP contribution in [0, 0.1) is 29.3 Å². The molecule has 0 spiro atoms. The molecule has 0 radical (unpaired) electrons. The van der Waals surface area contributed by atoms with Gasteiger partial charge in [0, 0.05) is 35.8 Å². The molecule has 4 atom stereocenters. The van der Waals surface area contributed by atoms with E-state index in [0.717, 1.165) is 6.07 Å². The Morgan fingerprint density at radius 1 is 1.02 bits per heavy atom. The Morgan fingerprint density at radius 3 is 2.36 bits per heavy atom. The summed E-state index contributed by atoms with van der Waals surface area (Å²) in [6.45, 7) is 0. The number of amides is 1. The number of anilines is 1. The standard InChI is InChI=1S/C29H24ClF3N4O4S/c30-19-7-6-15(27(38)36-18-10-20(31)25(33)21(32)11-18)9-24(19)42(40,41)26-16-4-5-17(26)13-29(39,12-16)28-35-14-23(37-28)22-3-1-2-8-34-22/h1-3,6-11,14,16-17,26,39H,4-5,12-13H2,(H,35,37)(H,36,38)/t16-,17?,26+,29+/m0/s1. The molecule has 0 aliphatic heterocycles. The van der Waals surface area contributed by atoms with Crippen LogP contribution >= 0.6 is 11.6 Å². The first-order chi connectivity index (χ1) is 20.0. The summed E-state index contributed by atoms with van der Waals surface area (Å²) in [5.74, 6) is -5.97. The van der Waals surface area contributed by atoms with Crippen molar-refractivity contribution in [3.8, 4) is 11.4 Å². The molecule has 2 aromatic carbocycles. The minimum Gasteiger partial charge on any atom is -0.382 e. The van der Waals surface area contributed by atoms with Gasteiger partial charge in [-0.2, -0.15) is 0 Å². The van der Waals surface area contributed by atoms with Crippen LogP contribution in [0.2, 0.25) is 5.02 Å². The van der Waals surface area contributed by atoms with Gasteiger partial charge in [0.2, 0.25) is 0 Å². The van der Waals surface area contributed by atoms with Crippen LogP contribution in [-0.4, -0.2) is 39.6 Å². The number of aromatic amines is 1. The number of nitrogens with one attached hydrogen (secondary N) is 2. The summed E-state index contributed by atoms with van der Waals surface area (Å²) in [5.41, 5.74) is -0.633. The highest BCUT2D eigenvalue weighted by molar-refractivity contribution is 7.92. The van der Waals surface area contributed by atoms with Crippen molar-refractivity contribution < 1.29 is 31.5 Å². The van der Waals surface area contributed by atoms with Gasteiger partial charge in [-0.05, 0) is 67.9 Å². The summed E-state index contributed by atoms with van der Waals surface area (Å²) >= 11 is 6.33. The molecule has 2 saturated carbocycles. The van der Waals surface area contributed by atoms with Gasteiger partial charge in [-0.3, -0.25) is 9.78 Å². The second-order valence-corrected chi connectivity index (χ2v) is 13.2. The number of carbonyl (C=O) groups is 1. The summed E-state index contributed by atoms with van der Waals surface area (Å²) in [5, 5.41) is 13.0. The van der Waals surface area contributed by atoms with Crippen LogP contribution in [0.4, 0.5) is 18.9 Å². The first-order valence-electron chi connectivity index (χ1n) is 13.2. The molecule has 3 N–H and O–H groups in total. The lowest BCUT2D eigenvalue weighted by molar-refractivity contribution is -0.0309. The molecule has 8 nitrogen and oxygen atoms in total. The number of aromatic nitrogens is 3. The van der Waals surface area contributed by atoms with Gasteiger partial charge >= 0.3 is 0 Å². The highest BCUT2D eigenvalue weighted by Gasteiger charge is 2.55. The average Bonchev–Trinajstić information content (AvgIpc) is 3.57. The molecular weight excluding hydrogens is 593 g/mol. The fourth-order valence-corrected chi connectivity index (χ4v) is 9.12. The van der Waals surface area contributed by atoms with Crippen molar-refractivity contribution in [2.24, 2.45) is 11.8 Å². The number of benzene rings is 2. The van der Waals surface area contributed by atoms with Crippen molar-refractivity contribution >= 4 is 33.0 Å². The lowest BCUT2D eigenvalue weighted by Gasteiger charge is -2.39. The molecule has 2 aliphatic rings. The van der Waals surface area contributed by atoms with E-state index in [1.54, 1.807) is 24.5 Å². The van der Waals surface area contributed by atoms with Gasteiger partial charge in [0.15, 0.2) is 27.3 Å². The minimum absolute atomic E-state index is 0.0864. The predicted molar refractivity (Wildman–Crippen MR) is 148 cm³/mol. The van der Waals surface area contributed by atoms with E-state index in [4.69, 9.17) is 11.6 Å². The molecule has 1 amide bonds. The van der Waals surface area contributed by atoms with Crippen molar-refractivity contribution in [2.75, 3.05) is 5.32 Å². The summed E-state index contributed by atoms with van der Waals surface area (Å²) in [6, 6.07) is 10.3. The molecule has 42 heavy (non-hydrogen) atoms. The van der Waals surface area contributed by atoms with Crippen LogP contribution in [0.3, 0.4) is 0 Å². The van der Waals surface area contributed by atoms with Crippen LogP contribution in [0.25, 0.3) is 11.4 Å². The average molecular weight is 617 g/mol. The second kappa shape index (κ2) is 10.5.